The summed E-state index contributed by atoms with van der Waals surface area (Å²) in [4.78, 5) is 7.78. The molecule has 238 valence electrons. The number of aryl methyl sites for hydroxylation is 1. The number of halogens is 11. The first-order chi connectivity index (χ1) is 22.0. The van der Waals surface area contributed by atoms with E-state index in [2.05, 4.69) is 26.5 Å². The smallest absolute Gasteiger partial charge is 0.429 e. The molecular weight excluding hydrogens is 649 g/mol. The van der Waals surface area contributed by atoms with E-state index in [0.717, 1.165) is 23.8 Å². The van der Waals surface area contributed by atoms with Crippen molar-refractivity contribution in [2.24, 2.45) is 0 Å². The van der Waals surface area contributed by atoms with Crippen LogP contribution >= 0.6 is 0 Å². The van der Waals surface area contributed by atoms with Gasteiger partial charge in [0, 0.05) is 35.5 Å². The Labute approximate surface area is 257 Å². The van der Waals surface area contributed by atoms with E-state index in [9.17, 15) is 43.9 Å². The maximum absolute atomic E-state index is 15.0. The third-order valence-electron chi connectivity index (χ3n) is 6.34. The van der Waals surface area contributed by atoms with Crippen LogP contribution in [0.25, 0.3) is 21.9 Å². The van der Waals surface area contributed by atoms with Crippen molar-refractivity contribution in [3.63, 3.8) is 0 Å². The molecule has 0 atom stereocenters. The van der Waals surface area contributed by atoms with Crippen molar-refractivity contribution in [1.29, 1.82) is 0 Å². The first-order valence-corrected chi connectivity index (χ1v) is 12.9. The van der Waals surface area contributed by atoms with Crippen LogP contribution in [-0.4, -0.2) is 16.1 Å². The van der Waals surface area contributed by atoms with Crippen LogP contribution in [0, 0.1) is 65.5 Å². The zero-order valence-electron chi connectivity index (χ0n) is 23.2. The first-order valence-electron chi connectivity index (χ1n) is 12.9. The highest BCUT2D eigenvalue weighted by molar-refractivity contribution is 5.90. The SMILES string of the molecule is Cc1cnc(C#Cc2cc(F)c(C(F)(F)Oc3ccc(-c4cc(F)c5c(F)c(C#CC(F)(F)F)c(F)cc5c4)c(F)c3)c(F)c2)nc1. The van der Waals surface area contributed by atoms with Crippen molar-refractivity contribution in [2.45, 2.75) is 19.2 Å². The van der Waals surface area contributed by atoms with Gasteiger partial charge in [-0.2, -0.15) is 22.0 Å². The molecule has 0 aliphatic carbocycles. The van der Waals surface area contributed by atoms with Crippen LogP contribution in [0.5, 0.6) is 5.75 Å². The lowest BCUT2D eigenvalue weighted by Crippen LogP contribution is -2.25. The van der Waals surface area contributed by atoms with Gasteiger partial charge in [0.2, 0.25) is 5.82 Å². The zero-order chi connectivity index (χ0) is 34.3. The summed E-state index contributed by atoms with van der Waals surface area (Å²) in [5.74, 6) is -3.69. The number of fused-ring (bicyclic) bond motifs is 1. The topological polar surface area (TPSA) is 35.0 Å². The van der Waals surface area contributed by atoms with Gasteiger partial charge in [0.25, 0.3) is 0 Å². The lowest BCUT2D eigenvalue weighted by molar-refractivity contribution is -0.189. The Morgan fingerprint density at radius 1 is 0.681 bits per heavy atom. The van der Waals surface area contributed by atoms with Crippen LogP contribution in [0.15, 0.2) is 60.9 Å². The van der Waals surface area contributed by atoms with Crippen molar-refractivity contribution in [3.8, 4) is 40.6 Å². The average molecular weight is 662 g/mol. The number of nitrogens with zero attached hydrogens (tertiary/aromatic N) is 2. The van der Waals surface area contributed by atoms with Gasteiger partial charge < -0.3 is 4.74 Å². The van der Waals surface area contributed by atoms with Gasteiger partial charge in [0.05, 0.1) is 10.9 Å². The van der Waals surface area contributed by atoms with Crippen molar-refractivity contribution in [1.82, 2.24) is 9.97 Å². The fraction of sp³-hybridized carbons (Fsp3) is 0.0909. The molecule has 5 aromatic rings. The summed E-state index contributed by atoms with van der Waals surface area (Å²) in [7, 11) is 0. The fourth-order valence-corrected chi connectivity index (χ4v) is 4.32. The van der Waals surface area contributed by atoms with Gasteiger partial charge in [-0.3, -0.25) is 0 Å². The fourth-order valence-electron chi connectivity index (χ4n) is 4.32. The molecule has 0 aliphatic heterocycles. The van der Waals surface area contributed by atoms with Crippen molar-refractivity contribution >= 4 is 10.8 Å². The van der Waals surface area contributed by atoms with Crippen molar-refractivity contribution < 1.29 is 53.0 Å². The second-order valence-electron chi connectivity index (χ2n) is 9.76. The lowest BCUT2D eigenvalue weighted by Gasteiger charge is -2.20. The van der Waals surface area contributed by atoms with Crippen LogP contribution in [0.2, 0.25) is 0 Å². The second-order valence-corrected chi connectivity index (χ2v) is 9.76. The van der Waals surface area contributed by atoms with Crippen LogP contribution in [-0.2, 0) is 6.11 Å². The van der Waals surface area contributed by atoms with Gasteiger partial charge in [-0.15, -0.1) is 0 Å². The van der Waals surface area contributed by atoms with Gasteiger partial charge in [-0.25, -0.2) is 36.3 Å². The van der Waals surface area contributed by atoms with E-state index >= 15 is 4.39 Å². The Hall–Kier alpha value is -5.63. The zero-order valence-corrected chi connectivity index (χ0v) is 23.2. The number of benzene rings is 4. The number of aromatic nitrogens is 2. The standard InChI is InChI=1S/C33H13F11N2O/c1-16-14-45-28(46-15-16)5-2-17-8-26(37)30(27(38)9-17)33(43,44)47-20-3-4-21(24(35)13-20)18-10-19-12-23(34)22(6-7-32(40,41)42)31(39)29(19)25(36)11-18/h3-4,8-15H,1H3. The van der Waals surface area contributed by atoms with Crippen LogP contribution in [0.1, 0.15) is 28.1 Å². The molecule has 0 N–H and O–H groups in total. The Morgan fingerprint density at radius 3 is 1.96 bits per heavy atom. The summed E-state index contributed by atoms with van der Waals surface area (Å²) >= 11 is 0. The van der Waals surface area contributed by atoms with Crippen molar-refractivity contribution in [2.75, 3.05) is 0 Å². The Morgan fingerprint density at radius 2 is 1.34 bits per heavy atom. The summed E-state index contributed by atoms with van der Waals surface area (Å²) < 4.78 is 160. The summed E-state index contributed by atoms with van der Waals surface area (Å²) in [6.45, 7) is 1.72. The minimum atomic E-state index is -5.09. The number of hydrogen-bond acceptors (Lipinski definition) is 3. The molecule has 0 saturated carbocycles. The van der Waals surface area contributed by atoms with E-state index in [1.807, 2.05) is 0 Å². The molecule has 0 bridgehead atoms. The van der Waals surface area contributed by atoms with E-state index in [1.165, 1.54) is 18.3 Å². The van der Waals surface area contributed by atoms with Gasteiger partial charge in [-0.05, 0) is 71.8 Å². The van der Waals surface area contributed by atoms with Gasteiger partial charge >= 0.3 is 12.3 Å². The molecule has 1 aromatic heterocycles. The first kappa shape index (κ1) is 32.8. The third kappa shape index (κ3) is 7.12. The van der Waals surface area contributed by atoms with Crippen LogP contribution in [0.4, 0.5) is 48.3 Å². The third-order valence-corrected chi connectivity index (χ3v) is 6.34. The Kier molecular flexibility index (Phi) is 8.56. The van der Waals surface area contributed by atoms with Gasteiger partial charge in [0.1, 0.15) is 40.4 Å². The molecule has 14 heteroatoms. The molecule has 5 rings (SSSR count). The molecule has 0 aliphatic rings. The van der Waals surface area contributed by atoms with Crippen LogP contribution in [0.3, 0.4) is 0 Å². The molecule has 47 heavy (non-hydrogen) atoms. The number of rotatable bonds is 4. The predicted octanol–water partition coefficient (Wildman–Crippen LogP) is 8.88. The van der Waals surface area contributed by atoms with Crippen molar-refractivity contribution in [3.05, 3.63) is 124 Å². The van der Waals surface area contributed by atoms with E-state index in [0.29, 0.717) is 36.3 Å². The number of hydrogen-bond donors (Lipinski definition) is 0. The lowest BCUT2D eigenvalue weighted by atomic mass is 9.98. The molecule has 0 spiro atoms. The summed E-state index contributed by atoms with van der Waals surface area (Å²) in [5, 5.41) is -1.46. The average Bonchev–Trinajstić information content (AvgIpc) is 2.95. The van der Waals surface area contributed by atoms with Crippen LogP contribution < -0.4 is 4.74 Å². The normalized spacial score (nSPS) is 11.5. The maximum Gasteiger partial charge on any atom is 0.458 e. The molecule has 3 nitrogen and oxygen atoms in total. The van der Waals surface area contributed by atoms with E-state index in [1.54, 1.807) is 6.92 Å². The molecule has 1 heterocycles. The maximum atomic E-state index is 15.0. The largest absolute Gasteiger partial charge is 0.458 e. The summed E-state index contributed by atoms with van der Waals surface area (Å²) in [6.07, 6.45) is -6.88. The highest BCUT2D eigenvalue weighted by Crippen LogP contribution is 2.38. The molecular formula is C33H13F11N2O. The molecule has 0 unspecified atom stereocenters. The van der Waals surface area contributed by atoms with E-state index < -0.39 is 80.4 Å². The van der Waals surface area contributed by atoms with Gasteiger partial charge in [0.15, 0.2) is 5.82 Å². The number of ether oxygens (including phenoxy) is 1. The molecule has 0 saturated heterocycles. The van der Waals surface area contributed by atoms with E-state index in [4.69, 9.17) is 0 Å². The Bertz CT molecular complexity index is 2150. The summed E-state index contributed by atoms with van der Waals surface area (Å²) in [5.41, 5.74) is -3.60. The van der Waals surface area contributed by atoms with Gasteiger partial charge in [-0.1, -0.05) is 11.8 Å². The molecule has 0 fully saturated rings. The predicted molar refractivity (Wildman–Crippen MR) is 146 cm³/mol. The molecule has 4 aromatic carbocycles. The highest BCUT2D eigenvalue weighted by Gasteiger charge is 2.41. The minimum absolute atomic E-state index is 0.00855. The second kappa shape index (κ2) is 12.3. The molecule has 0 radical (unpaired) electrons. The highest BCUT2D eigenvalue weighted by atomic mass is 19.4. The summed E-state index contributed by atoms with van der Waals surface area (Å²) in [6, 6.07) is 4.94. The minimum Gasteiger partial charge on any atom is -0.429 e. The monoisotopic (exact) mass is 662 g/mol. The molecule has 0 amide bonds. The number of alkyl halides is 5. The van der Waals surface area contributed by atoms with E-state index in [-0.39, 0.29) is 17.0 Å². The quantitative estimate of drug-likeness (QED) is 0.143. The Balaban J connectivity index is 1.42.